The zero-order valence-electron chi connectivity index (χ0n) is 9.26. The van der Waals surface area contributed by atoms with Gasteiger partial charge < -0.3 is 0 Å². The molecule has 0 aliphatic heterocycles. The van der Waals surface area contributed by atoms with Crippen molar-refractivity contribution in [1.29, 1.82) is 5.26 Å². The van der Waals surface area contributed by atoms with Gasteiger partial charge >= 0.3 is 0 Å². The van der Waals surface area contributed by atoms with Gasteiger partial charge in [-0.1, -0.05) is 32.1 Å². The Balaban J connectivity index is 3.30. The molecular formula is C13H14FN. The van der Waals surface area contributed by atoms with E-state index in [0.29, 0.717) is 0 Å². The highest BCUT2D eigenvalue weighted by molar-refractivity contribution is 5.40. The number of hydrogen-bond acceptors (Lipinski definition) is 1. The predicted molar refractivity (Wildman–Crippen MR) is 59.0 cm³/mol. The molecule has 0 aromatic heterocycles. The van der Waals surface area contributed by atoms with Crippen LogP contribution in [-0.4, -0.2) is 0 Å². The summed E-state index contributed by atoms with van der Waals surface area (Å²) in [6.45, 7) is 9.84. The van der Waals surface area contributed by atoms with Crippen LogP contribution in [0.3, 0.4) is 0 Å². The van der Waals surface area contributed by atoms with Gasteiger partial charge in [-0.05, 0) is 24.6 Å². The maximum atomic E-state index is 13.1. The Morgan fingerprint density at radius 2 is 2.07 bits per heavy atom. The molecule has 2 heteroatoms. The second-order valence-corrected chi connectivity index (χ2v) is 4.21. The lowest BCUT2D eigenvalue weighted by molar-refractivity contribution is 0.605. The van der Waals surface area contributed by atoms with E-state index in [4.69, 9.17) is 5.26 Å². The van der Waals surface area contributed by atoms with Crippen LogP contribution in [0.15, 0.2) is 30.4 Å². The summed E-state index contributed by atoms with van der Waals surface area (Å²) in [5.74, 6) is -0.473. The van der Waals surface area contributed by atoms with Gasteiger partial charge in [0.15, 0.2) is 0 Å². The summed E-state index contributed by atoms with van der Waals surface area (Å²) < 4.78 is 13.1. The van der Waals surface area contributed by atoms with Crippen molar-refractivity contribution >= 4 is 0 Å². The average molecular weight is 203 g/mol. The molecule has 0 atom stereocenters. The van der Waals surface area contributed by atoms with Crippen LogP contribution < -0.4 is 0 Å². The Bertz CT molecular complexity index is 438. The minimum atomic E-state index is -0.473. The molecular weight excluding hydrogens is 189 g/mol. The summed E-state index contributed by atoms with van der Waals surface area (Å²) in [6.07, 6.45) is 0. The van der Waals surface area contributed by atoms with Gasteiger partial charge in [-0.15, -0.1) is 0 Å². The van der Waals surface area contributed by atoms with Gasteiger partial charge in [-0.25, -0.2) is 4.39 Å². The lowest BCUT2D eigenvalue weighted by atomic mass is 9.78. The van der Waals surface area contributed by atoms with E-state index in [9.17, 15) is 4.39 Å². The van der Waals surface area contributed by atoms with Gasteiger partial charge in [0.1, 0.15) is 11.9 Å². The van der Waals surface area contributed by atoms with Crippen LogP contribution in [0.25, 0.3) is 0 Å². The molecule has 78 valence electrons. The minimum absolute atomic E-state index is 0.0850. The zero-order valence-corrected chi connectivity index (χ0v) is 9.26. The fourth-order valence-corrected chi connectivity index (χ4v) is 1.25. The summed E-state index contributed by atoms with van der Waals surface area (Å²) in [5.41, 5.74) is 1.74. The van der Waals surface area contributed by atoms with E-state index in [1.165, 1.54) is 6.07 Å². The van der Waals surface area contributed by atoms with Crippen molar-refractivity contribution in [2.24, 2.45) is 0 Å². The molecule has 0 unspecified atom stereocenters. The Labute approximate surface area is 89.9 Å². The van der Waals surface area contributed by atoms with Gasteiger partial charge in [0.2, 0.25) is 0 Å². The summed E-state index contributed by atoms with van der Waals surface area (Å²) in [4.78, 5) is 0. The van der Waals surface area contributed by atoms with Gasteiger partial charge in [-0.3, -0.25) is 0 Å². The molecule has 0 aliphatic carbocycles. The van der Waals surface area contributed by atoms with E-state index < -0.39 is 5.82 Å². The first kappa shape index (κ1) is 11.5. The largest absolute Gasteiger partial charge is 0.206 e. The molecule has 15 heavy (non-hydrogen) atoms. The van der Waals surface area contributed by atoms with Crippen molar-refractivity contribution in [1.82, 2.24) is 0 Å². The average Bonchev–Trinajstić information content (AvgIpc) is 2.18. The maximum absolute atomic E-state index is 13.1. The van der Waals surface area contributed by atoms with E-state index in [1.807, 2.05) is 26.8 Å². The van der Waals surface area contributed by atoms with Crippen molar-refractivity contribution in [3.63, 3.8) is 0 Å². The van der Waals surface area contributed by atoms with Crippen LogP contribution in [0.4, 0.5) is 4.39 Å². The molecule has 0 saturated carbocycles. The van der Waals surface area contributed by atoms with E-state index in [1.54, 1.807) is 12.1 Å². The topological polar surface area (TPSA) is 23.8 Å². The third-order valence-electron chi connectivity index (χ3n) is 2.88. The van der Waals surface area contributed by atoms with Crippen molar-refractivity contribution in [3.05, 3.63) is 47.3 Å². The van der Waals surface area contributed by atoms with E-state index in [-0.39, 0.29) is 11.0 Å². The van der Waals surface area contributed by atoms with E-state index in [2.05, 4.69) is 6.58 Å². The summed E-state index contributed by atoms with van der Waals surface area (Å²) in [7, 11) is 0. The fourth-order valence-electron chi connectivity index (χ4n) is 1.25. The van der Waals surface area contributed by atoms with Crippen LogP contribution in [0.5, 0.6) is 0 Å². The van der Waals surface area contributed by atoms with Crippen LogP contribution >= 0.6 is 0 Å². The van der Waals surface area contributed by atoms with Crippen molar-refractivity contribution in [2.75, 3.05) is 0 Å². The number of nitrogens with zero attached hydrogens (tertiary/aromatic N) is 1. The molecule has 1 rings (SSSR count). The van der Waals surface area contributed by atoms with Gasteiger partial charge in [-0.2, -0.15) is 5.26 Å². The number of halogens is 1. The second kappa shape index (κ2) is 3.86. The molecule has 0 bridgehead atoms. The zero-order chi connectivity index (χ0) is 11.6. The van der Waals surface area contributed by atoms with Crippen LogP contribution in [0, 0.1) is 17.1 Å². The SMILES string of the molecule is C=C(C)C(C)(C)c1ccc(F)c(C#N)c1. The first-order chi connectivity index (χ1) is 6.89. The first-order valence-electron chi connectivity index (χ1n) is 4.75. The monoisotopic (exact) mass is 203 g/mol. The first-order valence-corrected chi connectivity index (χ1v) is 4.75. The summed E-state index contributed by atoms with van der Waals surface area (Å²) >= 11 is 0. The van der Waals surface area contributed by atoms with Crippen molar-refractivity contribution in [3.8, 4) is 6.07 Å². The molecule has 1 aromatic rings. The number of allylic oxidation sites excluding steroid dienone is 1. The van der Waals surface area contributed by atoms with Crippen LogP contribution in [0.2, 0.25) is 0 Å². The van der Waals surface area contributed by atoms with Crippen LogP contribution in [-0.2, 0) is 5.41 Å². The van der Waals surface area contributed by atoms with Gasteiger partial charge in [0, 0.05) is 5.41 Å². The maximum Gasteiger partial charge on any atom is 0.140 e. The predicted octanol–water partition coefficient (Wildman–Crippen LogP) is 3.55. The molecule has 1 nitrogen and oxygen atoms in total. The third-order valence-corrected chi connectivity index (χ3v) is 2.88. The van der Waals surface area contributed by atoms with Crippen molar-refractivity contribution < 1.29 is 4.39 Å². The number of rotatable bonds is 2. The van der Waals surface area contributed by atoms with Gasteiger partial charge in [0.05, 0.1) is 5.56 Å². The fraction of sp³-hybridized carbons (Fsp3) is 0.308. The Hall–Kier alpha value is -1.62. The molecule has 0 fully saturated rings. The number of benzene rings is 1. The highest BCUT2D eigenvalue weighted by atomic mass is 19.1. The molecule has 0 aliphatic rings. The standard InChI is InChI=1S/C13H14FN/c1-9(2)13(3,4)11-5-6-12(14)10(7-11)8-15/h5-7H,1H2,2-4H3. The Kier molecular flexibility index (Phi) is 2.95. The summed E-state index contributed by atoms with van der Waals surface area (Å²) in [5, 5.41) is 8.73. The molecule has 0 amide bonds. The lowest BCUT2D eigenvalue weighted by Crippen LogP contribution is -2.18. The minimum Gasteiger partial charge on any atom is -0.206 e. The van der Waals surface area contributed by atoms with Crippen molar-refractivity contribution in [2.45, 2.75) is 26.2 Å². The third kappa shape index (κ3) is 2.07. The normalized spacial score (nSPS) is 10.9. The molecule has 0 N–H and O–H groups in total. The van der Waals surface area contributed by atoms with E-state index >= 15 is 0 Å². The molecule has 0 heterocycles. The quantitative estimate of drug-likeness (QED) is 0.674. The molecule has 0 saturated heterocycles. The molecule has 0 spiro atoms. The summed E-state index contributed by atoms with van der Waals surface area (Å²) in [6, 6.07) is 6.46. The second-order valence-electron chi connectivity index (χ2n) is 4.21. The molecule has 0 radical (unpaired) electrons. The number of hydrogen-bond donors (Lipinski definition) is 0. The Morgan fingerprint density at radius 3 is 2.53 bits per heavy atom. The smallest absolute Gasteiger partial charge is 0.140 e. The highest BCUT2D eigenvalue weighted by Gasteiger charge is 2.22. The Morgan fingerprint density at radius 1 is 1.47 bits per heavy atom. The lowest BCUT2D eigenvalue weighted by Gasteiger charge is -2.25. The van der Waals surface area contributed by atoms with Crippen LogP contribution in [0.1, 0.15) is 31.9 Å². The van der Waals surface area contributed by atoms with Gasteiger partial charge in [0.25, 0.3) is 0 Å². The molecule has 1 aromatic carbocycles. The van der Waals surface area contributed by atoms with E-state index in [0.717, 1.165) is 11.1 Å². The highest BCUT2D eigenvalue weighted by Crippen LogP contribution is 2.30. The number of nitriles is 1.